The number of carbonyl (C=O) groups is 5. The molecule has 200 valence electrons. The maximum Gasteiger partial charge on any atom is 0.338 e. The third-order valence-corrected chi connectivity index (χ3v) is 6.05. The van der Waals surface area contributed by atoms with Gasteiger partial charge in [0.2, 0.25) is 5.78 Å². The lowest BCUT2D eigenvalue weighted by molar-refractivity contribution is 0.0555. The first-order chi connectivity index (χ1) is 18.6. The molecule has 4 rings (SSSR count). The van der Waals surface area contributed by atoms with Crippen LogP contribution in [0.1, 0.15) is 57.6 Å². The highest BCUT2D eigenvalue weighted by atomic mass is 16.5. The van der Waals surface area contributed by atoms with Gasteiger partial charge in [-0.3, -0.25) is 4.79 Å². The Labute approximate surface area is 220 Å². The number of allylic oxidation sites excluding steroid dienone is 1. The molecule has 0 spiro atoms. The second-order valence-electron chi connectivity index (χ2n) is 8.16. The first kappa shape index (κ1) is 26.7. The number of hydrogen-bond acceptors (Lipinski definition) is 10. The normalized spacial score (nSPS) is 11.3. The number of methoxy groups -OCH3 is 4. The van der Waals surface area contributed by atoms with Gasteiger partial charge in [-0.15, -0.1) is 0 Å². The highest BCUT2D eigenvalue weighted by Crippen LogP contribution is 2.29. The molecule has 0 atom stereocenters. The Bertz CT molecular complexity index is 1710. The average Bonchev–Trinajstić information content (AvgIpc) is 3.57. The van der Waals surface area contributed by atoms with Gasteiger partial charge in [0.1, 0.15) is 5.76 Å². The number of hydrogen-bond donors (Lipinski definition) is 3. The summed E-state index contributed by atoms with van der Waals surface area (Å²) in [5.41, 5.74) is -0.155. The summed E-state index contributed by atoms with van der Waals surface area (Å²) in [5, 5.41) is 12.4. The summed E-state index contributed by atoms with van der Waals surface area (Å²) in [5.74, 6) is -4.25. The van der Waals surface area contributed by atoms with E-state index in [1.54, 1.807) is 0 Å². The number of fused-ring (bicyclic) bond motifs is 2. The Morgan fingerprint density at radius 2 is 0.974 bits per heavy atom. The van der Waals surface area contributed by atoms with Crippen LogP contribution in [0.25, 0.3) is 27.3 Å². The maximum atomic E-state index is 13.2. The number of nitrogens with one attached hydrogen (secondary N) is 2. The lowest BCUT2D eigenvalue weighted by atomic mass is 10.0. The molecule has 2 aromatic heterocycles. The van der Waals surface area contributed by atoms with Gasteiger partial charge in [0, 0.05) is 40.0 Å². The zero-order valence-corrected chi connectivity index (χ0v) is 21.2. The van der Waals surface area contributed by atoms with E-state index in [1.807, 2.05) is 0 Å². The van der Waals surface area contributed by atoms with Crippen LogP contribution in [0.3, 0.4) is 0 Å². The fourth-order valence-electron chi connectivity index (χ4n) is 4.16. The number of aliphatic hydroxyl groups is 1. The molecule has 12 nitrogen and oxygen atoms in total. The van der Waals surface area contributed by atoms with Crippen LogP contribution in [0.2, 0.25) is 0 Å². The van der Waals surface area contributed by atoms with Crippen molar-refractivity contribution in [2.75, 3.05) is 28.4 Å². The van der Waals surface area contributed by atoms with Gasteiger partial charge in [0.15, 0.2) is 0 Å². The largest absolute Gasteiger partial charge is 0.506 e. The minimum atomic E-state index is -0.805. The molecule has 0 aliphatic carbocycles. The molecule has 2 aromatic carbocycles. The topological polar surface area (TPSA) is 174 Å². The number of carbonyl (C=O) groups excluding carboxylic acids is 5. The maximum absolute atomic E-state index is 13.2. The third-order valence-electron chi connectivity index (χ3n) is 6.05. The lowest BCUT2D eigenvalue weighted by Gasteiger charge is -2.08. The highest BCUT2D eigenvalue weighted by Gasteiger charge is 2.24. The van der Waals surface area contributed by atoms with Crippen LogP contribution in [0, 0.1) is 0 Å². The number of aromatic nitrogens is 2. The molecule has 0 aliphatic heterocycles. The van der Waals surface area contributed by atoms with Crippen LogP contribution in [-0.2, 0) is 18.9 Å². The molecule has 12 heteroatoms. The molecule has 4 aromatic rings. The fourth-order valence-corrected chi connectivity index (χ4v) is 4.16. The number of esters is 4. The molecule has 0 unspecified atom stereocenters. The summed E-state index contributed by atoms with van der Waals surface area (Å²) in [6, 6.07) is 5.45. The number of H-pyrrole nitrogens is 2. The molecule has 0 amide bonds. The quantitative estimate of drug-likeness (QED) is 0.104. The highest BCUT2D eigenvalue weighted by molar-refractivity contribution is 6.17. The number of aliphatic hydroxyl groups excluding tert-OH is 1. The Balaban J connectivity index is 1.79. The predicted molar refractivity (Wildman–Crippen MR) is 137 cm³/mol. The lowest BCUT2D eigenvalue weighted by Crippen LogP contribution is -2.12. The van der Waals surface area contributed by atoms with E-state index < -0.39 is 35.4 Å². The van der Waals surface area contributed by atoms with Gasteiger partial charge in [-0.25, -0.2) is 19.2 Å². The predicted octanol–water partition coefficient (Wildman–Crippen LogP) is 3.58. The summed E-state index contributed by atoms with van der Waals surface area (Å²) >= 11 is 0. The second-order valence-corrected chi connectivity index (χ2v) is 8.16. The van der Waals surface area contributed by atoms with Crippen molar-refractivity contribution in [1.82, 2.24) is 9.97 Å². The van der Waals surface area contributed by atoms with E-state index >= 15 is 0 Å². The zero-order valence-electron chi connectivity index (χ0n) is 21.2. The number of aromatic amines is 2. The Hall–Kier alpha value is -5.39. The fraction of sp³-hybridized carbons (Fsp3) is 0.148. The second kappa shape index (κ2) is 10.5. The number of rotatable bonds is 7. The van der Waals surface area contributed by atoms with Crippen LogP contribution >= 0.6 is 0 Å². The molecule has 3 N–H and O–H groups in total. The minimum absolute atomic E-state index is 0.0252. The van der Waals surface area contributed by atoms with E-state index in [9.17, 15) is 29.1 Å². The van der Waals surface area contributed by atoms with Crippen molar-refractivity contribution in [3.8, 4) is 0 Å². The van der Waals surface area contributed by atoms with Crippen molar-refractivity contribution >= 4 is 57.0 Å². The summed E-state index contributed by atoms with van der Waals surface area (Å²) in [7, 11) is 4.65. The van der Waals surface area contributed by atoms with Crippen molar-refractivity contribution in [1.29, 1.82) is 0 Å². The summed E-state index contributed by atoms with van der Waals surface area (Å²) in [4.78, 5) is 67.8. The van der Waals surface area contributed by atoms with E-state index in [-0.39, 0.29) is 33.6 Å². The van der Waals surface area contributed by atoms with Gasteiger partial charge in [-0.2, -0.15) is 0 Å². The van der Waals surface area contributed by atoms with E-state index in [0.29, 0.717) is 21.5 Å². The zero-order chi connectivity index (χ0) is 28.4. The molecule has 0 saturated carbocycles. The van der Waals surface area contributed by atoms with Crippen LogP contribution in [0.4, 0.5) is 0 Å². The number of ether oxygens (including phenoxy) is 4. The molecule has 0 radical (unpaired) electrons. The number of ketones is 1. The first-order valence-corrected chi connectivity index (χ1v) is 11.2. The van der Waals surface area contributed by atoms with E-state index in [1.165, 1.54) is 50.9 Å². The molecular formula is C27H22N2O10. The third kappa shape index (κ3) is 4.70. The molecular weight excluding hydrogens is 512 g/mol. The van der Waals surface area contributed by atoms with E-state index in [2.05, 4.69) is 9.97 Å². The molecule has 39 heavy (non-hydrogen) atoms. The summed E-state index contributed by atoms with van der Waals surface area (Å²) in [6.45, 7) is 0. The van der Waals surface area contributed by atoms with Crippen LogP contribution in [0.15, 0.2) is 42.7 Å². The first-order valence-electron chi connectivity index (χ1n) is 11.2. The van der Waals surface area contributed by atoms with Gasteiger partial charge in [-0.1, -0.05) is 0 Å². The Morgan fingerprint density at radius 3 is 1.38 bits per heavy atom. The van der Waals surface area contributed by atoms with Crippen molar-refractivity contribution in [3.63, 3.8) is 0 Å². The average molecular weight is 534 g/mol. The number of benzene rings is 2. The minimum Gasteiger partial charge on any atom is -0.506 e. The van der Waals surface area contributed by atoms with Crippen molar-refractivity contribution < 1.29 is 48.0 Å². The van der Waals surface area contributed by atoms with Gasteiger partial charge >= 0.3 is 23.9 Å². The van der Waals surface area contributed by atoms with Crippen LogP contribution in [0.5, 0.6) is 0 Å². The summed E-state index contributed by atoms with van der Waals surface area (Å²) in [6.07, 6.45) is 3.88. The van der Waals surface area contributed by atoms with Gasteiger partial charge in [0.25, 0.3) is 0 Å². The Kier molecular flexibility index (Phi) is 7.20. The monoisotopic (exact) mass is 534 g/mol. The van der Waals surface area contributed by atoms with Crippen LogP contribution in [-0.4, -0.2) is 73.2 Å². The standard InChI is InChI=1S/C27H22N2O10/c1-36-24(32)16-5-12-10-28-22(14(12)7-18(16)26(34)38-3)20(30)9-21(31)23-15-8-19(27(35)39-4)17(25(33)37-2)6-13(15)11-29-23/h5-11,28-30H,1-4H3/b20-9-. The smallest absolute Gasteiger partial charge is 0.338 e. The van der Waals surface area contributed by atoms with Gasteiger partial charge in [-0.05, 0) is 24.3 Å². The van der Waals surface area contributed by atoms with Crippen molar-refractivity contribution in [3.05, 3.63) is 76.4 Å². The van der Waals surface area contributed by atoms with Crippen LogP contribution < -0.4 is 0 Å². The Morgan fingerprint density at radius 1 is 0.615 bits per heavy atom. The molecule has 0 bridgehead atoms. The molecule has 2 heterocycles. The van der Waals surface area contributed by atoms with E-state index in [4.69, 9.17) is 18.9 Å². The van der Waals surface area contributed by atoms with Gasteiger partial charge < -0.3 is 34.0 Å². The van der Waals surface area contributed by atoms with Crippen molar-refractivity contribution in [2.24, 2.45) is 0 Å². The van der Waals surface area contributed by atoms with Crippen molar-refractivity contribution in [2.45, 2.75) is 0 Å². The SMILES string of the molecule is COC(=O)c1cc2c[nH]c(C(=O)/C=C(\O)c3[nH]cc4cc(C(=O)OC)c(C(=O)OC)cc34)c2cc1C(=O)OC. The molecule has 0 aliphatic rings. The molecule has 0 saturated heterocycles. The van der Waals surface area contributed by atoms with E-state index in [0.717, 1.165) is 20.3 Å². The van der Waals surface area contributed by atoms with Gasteiger partial charge in [0.05, 0.1) is 62.1 Å². The summed E-state index contributed by atoms with van der Waals surface area (Å²) < 4.78 is 19.0. The molecule has 0 fully saturated rings.